The number of amides is 1. The molecule has 1 aliphatic rings. The summed E-state index contributed by atoms with van der Waals surface area (Å²) in [4.78, 5) is 37.1. The molecule has 0 N–H and O–H groups in total. The number of carbonyl (C=O) groups excluding carboxylic acids is 2. The van der Waals surface area contributed by atoms with E-state index in [1.54, 1.807) is 0 Å². The molecule has 0 aromatic heterocycles. The number of carbonyl (C=O) groups is 2. The molecular weight excluding hydrogens is 827 g/mol. The van der Waals surface area contributed by atoms with Crippen molar-refractivity contribution in [2.45, 2.75) is 260 Å². The summed E-state index contributed by atoms with van der Waals surface area (Å²) in [7, 11) is 2.17. The minimum absolute atomic E-state index is 0.0250. The quantitative estimate of drug-likeness (QED) is 0.0342. The standard InChI is InChI=1S/C36H74N4O.C23H45NO2/c1-5-8-11-14-17-20-23-26-38(27-24-21-18-15-12-9-6-2)31-32-39(28-25-22-19-16-13-10-7-3)35-36(41)40-33-29-37(4)30-34-40;1-4-7-10-11-12-13-16-20-24(19-15-9-6-3)21-17-22-26-23(25)18-14-8-5-2/h5-35H2,1-4H3;9,15H,4-8,10-14,16-22H2,1-3H3. The molecule has 1 rings (SSSR count). The molecule has 1 fully saturated rings. The normalized spacial score (nSPS) is 13.4. The van der Waals surface area contributed by atoms with E-state index in [9.17, 15) is 9.59 Å². The Hall–Kier alpha value is -1.48. The maximum absolute atomic E-state index is 13.3. The maximum atomic E-state index is 13.3. The second kappa shape index (κ2) is 52.3. The lowest BCUT2D eigenvalue weighted by Crippen LogP contribution is -2.50. The summed E-state index contributed by atoms with van der Waals surface area (Å²) in [6.45, 7) is 27.4. The molecule has 0 atom stereocenters. The van der Waals surface area contributed by atoms with Crippen LogP contribution in [0.2, 0.25) is 0 Å². The molecule has 0 saturated carbocycles. The van der Waals surface area contributed by atoms with Gasteiger partial charge >= 0.3 is 5.97 Å². The first kappa shape index (κ1) is 65.5. The average molecular weight is 947 g/mol. The van der Waals surface area contributed by atoms with Crippen molar-refractivity contribution < 1.29 is 14.3 Å². The predicted octanol–water partition coefficient (Wildman–Crippen LogP) is 15.1. The van der Waals surface area contributed by atoms with Gasteiger partial charge in [-0.05, 0) is 78.2 Å². The molecule has 0 spiro atoms. The fourth-order valence-electron chi connectivity index (χ4n) is 9.16. The van der Waals surface area contributed by atoms with Gasteiger partial charge in [0.15, 0.2) is 0 Å². The van der Waals surface area contributed by atoms with Gasteiger partial charge < -0.3 is 19.4 Å². The molecule has 8 heteroatoms. The largest absolute Gasteiger partial charge is 0.466 e. The summed E-state index contributed by atoms with van der Waals surface area (Å²) in [5, 5.41) is 0. The first-order chi connectivity index (χ1) is 32.8. The highest BCUT2D eigenvalue weighted by molar-refractivity contribution is 5.78. The van der Waals surface area contributed by atoms with Crippen molar-refractivity contribution in [2.75, 3.05) is 98.7 Å². The van der Waals surface area contributed by atoms with Gasteiger partial charge in [-0.1, -0.05) is 221 Å². The highest BCUT2D eigenvalue weighted by Crippen LogP contribution is 2.13. The number of esters is 1. The molecule has 0 aromatic rings. The first-order valence-electron chi connectivity index (χ1n) is 29.8. The number of nitrogens with zero attached hydrogens (tertiary/aromatic N) is 5. The lowest BCUT2D eigenvalue weighted by atomic mass is 10.1. The van der Waals surface area contributed by atoms with Gasteiger partial charge in [-0.25, -0.2) is 0 Å². The zero-order valence-corrected chi connectivity index (χ0v) is 46.6. The number of piperazine rings is 1. The number of ether oxygens (including phenoxy) is 1. The van der Waals surface area contributed by atoms with Crippen molar-refractivity contribution in [3.05, 3.63) is 12.2 Å². The SMILES string of the molecule is CCC=CCN(CCCCCCCCC)CCCOC(=O)CCCCC.CCCCCCCCCN(CCCCCCCCC)CCN(CCCCCCCCC)CC(=O)N1CCN(C)CC1. The van der Waals surface area contributed by atoms with Crippen LogP contribution in [-0.4, -0.2) is 135 Å². The zero-order valence-electron chi connectivity index (χ0n) is 46.6. The third-order valence-corrected chi connectivity index (χ3v) is 13.9. The van der Waals surface area contributed by atoms with Crippen molar-refractivity contribution in [2.24, 2.45) is 0 Å². The van der Waals surface area contributed by atoms with Crippen LogP contribution >= 0.6 is 0 Å². The van der Waals surface area contributed by atoms with Gasteiger partial charge in [0.1, 0.15) is 0 Å². The lowest BCUT2D eigenvalue weighted by Gasteiger charge is -2.34. The second-order valence-corrected chi connectivity index (χ2v) is 20.5. The van der Waals surface area contributed by atoms with E-state index in [-0.39, 0.29) is 5.97 Å². The molecule has 1 amide bonds. The van der Waals surface area contributed by atoms with Crippen molar-refractivity contribution in [3.63, 3.8) is 0 Å². The molecule has 0 radical (unpaired) electrons. The molecule has 0 aliphatic carbocycles. The maximum Gasteiger partial charge on any atom is 0.305 e. The number of rotatable bonds is 48. The molecule has 0 aromatic carbocycles. The van der Waals surface area contributed by atoms with Crippen molar-refractivity contribution in [1.29, 1.82) is 0 Å². The third kappa shape index (κ3) is 45.4. The van der Waals surface area contributed by atoms with Crippen LogP contribution in [0.15, 0.2) is 12.2 Å². The number of hydrogen-bond acceptors (Lipinski definition) is 7. The Balaban J connectivity index is 0.00000144. The molecular formula is C59H119N5O3. The minimum Gasteiger partial charge on any atom is -0.466 e. The lowest BCUT2D eigenvalue weighted by molar-refractivity contribution is -0.144. The van der Waals surface area contributed by atoms with Crippen LogP contribution in [0.3, 0.4) is 0 Å². The zero-order chi connectivity index (χ0) is 49.1. The fourth-order valence-corrected chi connectivity index (χ4v) is 9.16. The Morgan fingerprint density at radius 1 is 0.418 bits per heavy atom. The van der Waals surface area contributed by atoms with E-state index >= 15 is 0 Å². The summed E-state index contributed by atoms with van der Waals surface area (Å²) >= 11 is 0. The molecule has 1 heterocycles. The minimum atomic E-state index is -0.0250. The molecule has 1 saturated heterocycles. The van der Waals surface area contributed by atoms with Crippen LogP contribution in [0.4, 0.5) is 0 Å². The summed E-state index contributed by atoms with van der Waals surface area (Å²) in [5.74, 6) is 0.328. The van der Waals surface area contributed by atoms with E-state index < -0.39 is 0 Å². The monoisotopic (exact) mass is 946 g/mol. The van der Waals surface area contributed by atoms with Gasteiger partial charge in [-0.3, -0.25) is 19.4 Å². The van der Waals surface area contributed by atoms with Gasteiger partial charge in [0.2, 0.25) is 5.91 Å². The van der Waals surface area contributed by atoms with Crippen LogP contribution in [0.5, 0.6) is 0 Å². The number of unbranched alkanes of at least 4 members (excludes halogenated alkanes) is 26. The molecule has 67 heavy (non-hydrogen) atoms. The third-order valence-electron chi connectivity index (χ3n) is 13.9. The van der Waals surface area contributed by atoms with Crippen LogP contribution in [-0.2, 0) is 14.3 Å². The van der Waals surface area contributed by atoms with Gasteiger partial charge in [0.05, 0.1) is 13.2 Å². The predicted molar refractivity (Wildman–Crippen MR) is 295 cm³/mol. The van der Waals surface area contributed by atoms with E-state index in [4.69, 9.17) is 4.74 Å². The Bertz CT molecular complexity index is 1030. The first-order valence-corrected chi connectivity index (χ1v) is 29.8. The van der Waals surface area contributed by atoms with Crippen molar-refractivity contribution >= 4 is 11.9 Å². The molecule has 398 valence electrons. The van der Waals surface area contributed by atoms with Crippen molar-refractivity contribution in [3.8, 4) is 0 Å². The van der Waals surface area contributed by atoms with Crippen LogP contribution in [0.25, 0.3) is 0 Å². The van der Waals surface area contributed by atoms with Crippen LogP contribution < -0.4 is 0 Å². The highest BCUT2D eigenvalue weighted by Gasteiger charge is 2.21. The van der Waals surface area contributed by atoms with E-state index in [0.29, 0.717) is 25.5 Å². The average Bonchev–Trinajstić information content (AvgIpc) is 3.33. The van der Waals surface area contributed by atoms with Gasteiger partial charge in [0.25, 0.3) is 0 Å². The van der Waals surface area contributed by atoms with E-state index in [1.807, 2.05) is 0 Å². The Morgan fingerprint density at radius 3 is 1.24 bits per heavy atom. The Kier molecular flexibility index (Phi) is 51.2. The van der Waals surface area contributed by atoms with Crippen LogP contribution in [0, 0.1) is 0 Å². The van der Waals surface area contributed by atoms with E-state index in [0.717, 1.165) is 97.6 Å². The summed E-state index contributed by atoms with van der Waals surface area (Å²) in [6.07, 6.45) is 48.5. The van der Waals surface area contributed by atoms with E-state index in [2.05, 4.69) is 85.2 Å². The number of hydrogen-bond donors (Lipinski definition) is 0. The smallest absolute Gasteiger partial charge is 0.305 e. The summed E-state index contributed by atoms with van der Waals surface area (Å²) in [6, 6.07) is 0. The highest BCUT2D eigenvalue weighted by atomic mass is 16.5. The summed E-state index contributed by atoms with van der Waals surface area (Å²) < 4.78 is 5.36. The van der Waals surface area contributed by atoms with Crippen LogP contribution in [0.1, 0.15) is 260 Å². The summed E-state index contributed by atoms with van der Waals surface area (Å²) in [5.41, 5.74) is 0. The second-order valence-electron chi connectivity index (χ2n) is 20.5. The number of likely N-dealkylation sites (N-methyl/N-ethyl adjacent to an activating group) is 1. The van der Waals surface area contributed by atoms with Gasteiger partial charge in [-0.2, -0.15) is 0 Å². The molecule has 1 aliphatic heterocycles. The fraction of sp³-hybridized carbons (Fsp3) is 0.932. The Labute approximate surface area is 419 Å². The molecule has 8 nitrogen and oxygen atoms in total. The topological polar surface area (TPSA) is 59.6 Å². The molecule has 0 unspecified atom stereocenters. The number of allylic oxidation sites excluding steroid dienone is 1. The Morgan fingerprint density at radius 2 is 0.791 bits per heavy atom. The van der Waals surface area contributed by atoms with Crippen molar-refractivity contribution in [1.82, 2.24) is 24.5 Å². The van der Waals surface area contributed by atoms with Gasteiger partial charge in [-0.15, -0.1) is 0 Å². The molecule has 0 bridgehead atoms. The van der Waals surface area contributed by atoms with Gasteiger partial charge in [0, 0.05) is 58.8 Å². The van der Waals surface area contributed by atoms with E-state index in [1.165, 1.54) is 193 Å².